The van der Waals surface area contributed by atoms with Gasteiger partial charge in [-0.25, -0.2) is 0 Å². The minimum Gasteiger partial charge on any atom is -0.396 e. The van der Waals surface area contributed by atoms with E-state index in [1.807, 2.05) is 0 Å². The largest absolute Gasteiger partial charge is 0.396 e. The Balaban J connectivity index is 3.96. The Kier molecular flexibility index (Phi) is 8.13. The number of aliphatic hydroxyl groups excluding tert-OH is 1. The highest BCUT2D eigenvalue weighted by Gasteiger charge is 2.19. The van der Waals surface area contributed by atoms with Gasteiger partial charge in [0.15, 0.2) is 0 Å². The van der Waals surface area contributed by atoms with Crippen molar-refractivity contribution in [2.75, 3.05) is 6.61 Å². The molecule has 3 unspecified atom stereocenters. The fourth-order valence-corrected chi connectivity index (χ4v) is 2.60. The van der Waals surface area contributed by atoms with Crippen LogP contribution >= 0.6 is 0 Å². The summed E-state index contributed by atoms with van der Waals surface area (Å²) in [5, 5.41) is 9.41. The van der Waals surface area contributed by atoms with Crippen molar-refractivity contribution in [3.05, 3.63) is 0 Å². The normalized spacial score (nSPS) is 17.8. The van der Waals surface area contributed by atoms with E-state index in [0.29, 0.717) is 18.4 Å². The molecule has 0 radical (unpaired) electrons. The van der Waals surface area contributed by atoms with Crippen molar-refractivity contribution in [3.8, 4) is 0 Å². The molecule has 1 heteroatoms. The first kappa shape index (κ1) is 15.0. The van der Waals surface area contributed by atoms with E-state index < -0.39 is 0 Å². The zero-order chi connectivity index (χ0) is 11.8. The maximum atomic E-state index is 9.41. The molecule has 0 amide bonds. The number of hydrogen-bond acceptors (Lipinski definition) is 1. The van der Waals surface area contributed by atoms with E-state index in [0.717, 1.165) is 11.8 Å². The summed E-state index contributed by atoms with van der Waals surface area (Å²) in [5.74, 6) is 2.72. The molecule has 3 atom stereocenters. The van der Waals surface area contributed by atoms with Crippen LogP contribution < -0.4 is 0 Å². The molecule has 0 saturated carbocycles. The van der Waals surface area contributed by atoms with Crippen LogP contribution in [0.15, 0.2) is 0 Å². The second kappa shape index (κ2) is 8.15. The molecule has 0 spiro atoms. The third-order valence-electron chi connectivity index (χ3n) is 3.36. The SMILES string of the molecule is CCCC(C)C(CO)CC(C)CC(C)C. The van der Waals surface area contributed by atoms with Gasteiger partial charge in [0.05, 0.1) is 0 Å². The van der Waals surface area contributed by atoms with E-state index in [-0.39, 0.29) is 0 Å². The average molecular weight is 214 g/mol. The van der Waals surface area contributed by atoms with Crippen molar-refractivity contribution in [1.82, 2.24) is 0 Å². The molecule has 1 N–H and O–H groups in total. The fraction of sp³-hybridized carbons (Fsp3) is 1.00. The van der Waals surface area contributed by atoms with Gasteiger partial charge >= 0.3 is 0 Å². The molecule has 1 nitrogen and oxygen atoms in total. The van der Waals surface area contributed by atoms with Crippen LogP contribution in [0.5, 0.6) is 0 Å². The van der Waals surface area contributed by atoms with Gasteiger partial charge in [-0.3, -0.25) is 0 Å². The summed E-state index contributed by atoms with van der Waals surface area (Å²) in [5.41, 5.74) is 0. The number of hydrogen-bond donors (Lipinski definition) is 1. The van der Waals surface area contributed by atoms with Crippen molar-refractivity contribution in [1.29, 1.82) is 0 Å². The molecule has 92 valence electrons. The van der Waals surface area contributed by atoms with Crippen molar-refractivity contribution in [2.45, 2.75) is 60.3 Å². The second-order valence-corrected chi connectivity index (χ2v) is 5.68. The maximum absolute atomic E-state index is 9.41. The molecule has 0 aliphatic heterocycles. The predicted molar refractivity (Wildman–Crippen MR) is 67.9 cm³/mol. The second-order valence-electron chi connectivity index (χ2n) is 5.68. The molecule has 0 rings (SSSR count). The van der Waals surface area contributed by atoms with Gasteiger partial charge in [0.2, 0.25) is 0 Å². The summed E-state index contributed by atoms with van der Waals surface area (Å²) in [6.07, 6.45) is 4.96. The van der Waals surface area contributed by atoms with Crippen LogP contribution in [0.3, 0.4) is 0 Å². The highest BCUT2D eigenvalue weighted by atomic mass is 16.3. The molecule has 0 aromatic heterocycles. The minimum atomic E-state index is 0.365. The van der Waals surface area contributed by atoms with Gasteiger partial charge in [0.1, 0.15) is 0 Å². The minimum absolute atomic E-state index is 0.365. The van der Waals surface area contributed by atoms with Crippen LogP contribution in [0.1, 0.15) is 60.3 Å². The van der Waals surface area contributed by atoms with Crippen LogP contribution in [0.2, 0.25) is 0 Å². The topological polar surface area (TPSA) is 20.2 Å². The summed E-state index contributed by atoms with van der Waals surface area (Å²) in [7, 11) is 0. The van der Waals surface area contributed by atoms with Gasteiger partial charge in [-0.05, 0) is 36.5 Å². The molecule has 15 heavy (non-hydrogen) atoms. The third kappa shape index (κ3) is 6.94. The van der Waals surface area contributed by atoms with Crippen molar-refractivity contribution in [2.24, 2.45) is 23.7 Å². The molecule has 0 fully saturated rings. The predicted octanol–water partition coefficient (Wildman–Crippen LogP) is 4.10. The first-order chi connectivity index (χ1) is 7.01. The summed E-state index contributed by atoms with van der Waals surface area (Å²) in [4.78, 5) is 0. The van der Waals surface area contributed by atoms with E-state index >= 15 is 0 Å². The molecule has 0 bridgehead atoms. The van der Waals surface area contributed by atoms with Crippen LogP contribution in [0.25, 0.3) is 0 Å². The molecular weight excluding hydrogens is 184 g/mol. The van der Waals surface area contributed by atoms with Crippen molar-refractivity contribution in [3.63, 3.8) is 0 Å². The standard InChI is InChI=1S/C14H30O/c1-6-7-13(5)14(10-15)9-12(4)8-11(2)3/h11-15H,6-10H2,1-5H3. The molecule has 0 aromatic rings. The molecular formula is C14H30O. The number of rotatable bonds is 8. The summed E-state index contributed by atoms with van der Waals surface area (Å²) in [6, 6.07) is 0. The lowest BCUT2D eigenvalue weighted by Gasteiger charge is -2.25. The summed E-state index contributed by atoms with van der Waals surface area (Å²) >= 11 is 0. The van der Waals surface area contributed by atoms with Crippen LogP contribution in [0.4, 0.5) is 0 Å². The van der Waals surface area contributed by atoms with E-state index in [2.05, 4.69) is 34.6 Å². The Hall–Kier alpha value is -0.0400. The molecule has 0 aliphatic rings. The van der Waals surface area contributed by atoms with E-state index in [4.69, 9.17) is 0 Å². The maximum Gasteiger partial charge on any atom is 0.0461 e. The third-order valence-corrected chi connectivity index (χ3v) is 3.36. The van der Waals surface area contributed by atoms with E-state index in [1.54, 1.807) is 0 Å². The average Bonchev–Trinajstić information content (AvgIpc) is 2.13. The van der Waals surface area contributed by atoms with Crippen molar-refractivity contribution < 1.29 is 5.11 Å². The van der Waals surface area contributed by atoms with E-state index in [1.165, 1.54) is 25.7 Å². The Labute approximate surface area is 96.3 Å². The fourth-order valence-electron chi connectivity index (χ4n) is 2.60. The zero-order valence-corrected chi connectivity index (χ0v) is 11.3. The molecule has 0 aliphatic carbocycles. The Morgan fingerprint density at radius 2 is 1.60 bits per heavy atom. The lowest BCUT2D eigenvalue weighted by molar-refractivity contribution is 0.148. The lowest BCUT2D eigenvalue weighted by atomic mass is 9.82. The highest BCUT2D eigenvalue weighted by Crippen LogP contribution is 2.26. The summed E-state index contributed by atoms with van der Waals surface area (Å²) < 4.78 is 0. The van der Waals surface area contributed by atoms with Crippen LogP contribution in [-0.2, 0) is 0 Å². The quantitative estimate of drug-likeness (QED) is 0.645. The zero-order valence-electron chi connectivity index (χ0n) is 11.3. The first-order valence-electron chi connectivity index (χ1n) is 6.62. The van der Waals surface area contributed by atoms with Crippen LogP contribution in [-0.4, -0.2) is 11.7 Å². The van der Waals surface area contributed by atoms with E-state index in [9.17, 15) is 5.11 Å². The first-order valence-corrected chi connectivity index (χ1v) is 6.62. The molecule has 0 aromatic carbocycles. The Morgan fingerprint density at radius 1 is 1.00 bits per heavy atom. The van der Waals surface area contributed by atoms with Gasteiger partial charge in [-0.15, -0.1) is 0 Å². The van der Waals surface area contributed by atoms with Gasteiger partial charge in [-0.1, -0.05) is 47.5 Å². The van der Waals surface area contributed by atoms with Gasteiger partial charge in [-0.2, -0.15) is 0 Å². The lowest BCUT2D eigenvalue weighted by Crippen LogP contribution is -2.19. The Bertz CT molecular complexity index is 142. The summed E-state index contributed by atoms with van der Waals surface area (Å²) in [6.45, 7) is 11.7. The van der Waals surface area contributed by atoms with Crippen molar-refractivity contribution >= 4 is 0 Å². The van der Waals surface area contributed by atoms with Crippen LogP contribution in [0, 0.1) is 23.7 Å². The van der Waals surface area contributed by atoms with Gasteiger partial charge in [0, 0.05) is 6.61 Å². The monoisotopic (exact) mass is 214 g/mol. The number of aliphatic hydroxyl groups is 1. The Morgan fingerprint density at radius 3 is 2.00 bits per heavy atom. The molecule has 0 saturated heterocycles. The molecule has 0 heterocycles. The van der Waals surface area contributed by atoms with Gasteiger partial charge < -0.3 is 5.11 Å². The highest BCUT2D eigenvalue weighted by molar-refractivity contribution is 4.69. The van der Waals surface area contributed by atoms with Gasteiger partial charge in [0.25, 0.3) is 0 Å². The smallest absolute Gasteiger partial charge is 0.0461 e.